The third-order valence-corrected chi connectivity index (χ3v) is 3.35. The maximum atomic E-state index is 12.2. The Morgan fingerprint density at radius 1 is 1.00 bits per heavy atom. The monoisotopic (exact) mass is 261 g/mol. The lowest BCUT2D eigenvalue weighted by Crippen LogP contribution is -2.41. The second-order valence-corrected chi connectivity index (χ2v) is 5.68. The van der Waals surface area contributed by atoms with Crippen LogP contribution in [0.3, 0.4) is 0 Å². The standard InChI is InChI=1S/C17H27NO/c1-14(2)18(15(3)4)17(19)13-9-8-12-16-10-6-5-7-11-16/h5-7,10-11,14-15H,8-9,12-13H2,1-4H3. The molecule has 2 heteroatoms. The molecule has 0 unspecified atom stereocenters. The first-order valence-corrected chi connectivity index (χ1v) is 7.37. The maximum absolute atomic E-state index is 12.2. The average Bonchev–Trinajstić information content (AvgIpc) is 2.35. The molecule has 0 aliphatic heterocycles. The molecule has 0 saturated carbocycles. The molecule has 0 N–H and O–H groups in total. The van der Waals surface area contributed by atoms with Crippen molar-refractivity contribution in [3.05, 3.63) is 35.9 Å². The molecule has 0 bridgehead atoms. The first-order chi connectivity index (χ1) is 9.02. The first-order valence-electron chi connectivity index (χ1n) is 7.37. The Morgan fingerprint density at radius 2 is 1.58 bits per heavy atom. The van der Waals surface area contributed by atoms with Gasteiger partial charge in [-0.2, -0.15) is 0 Å². The van der Waals surface area contributed by atoms with Crippen LogP contribution in [-0.4, -0.2) is 22.9 Å². The molecule has 1 amide bonds. The summed E-state index contributed by atoms with van der Waals surface area (Å²) in [7, 11) is 0. The molecule has 0 aromatic heterocycles. The third-order valence-electron chi connectivity index (χ3n) is 3.35. The van der Waals surface area contributed by atoms with E-state index in [0.29, 0.717) is 18.5 Å². The van der Waals surface area contributed by atoms with Crippen molar-refractivity contribution in [1.29, 1.82) is 0 Å². The van der Waals surface area contributed by atoms with Crippen LogP contribution in [0.2, 0.25) is 0 Å². The van der Waals surface area contributed by atoms with E-state index in [4.69, 9.17) is 0 Å². The lowest BCUT2D eigenvalue weighted by atomic mass is 10.1. The van der Waals surface area contributed by atoms with E-state index >= 15 is 0 Å². The molecule has 0 heterocycles. The van der Waals surface area contributed by atoms with Crippen LogP contribution in [0.25, 0.3) is 0 Å². The van der Waals surface area contributed by atoms with Gasteiger partial charge >= 0.3 is 0 Å². The van der Waals surface area contributed by atoms with Crippen LogP contribution in [0.15, 0.2) is 30.3 Å². The molecule has 0 atom stereocenters. The van der Waals surface area contributed by atoms with Crippen LogP contribution in [0, 0.1) is 0 Å². The minimum atomic E-state index is 0.290. The number of carbonyl (C=O) groups excluding carboxylic acids is 1. The van der Waals surface area contributed by atoms with Crippen molar-refractivity contribution in [2.45, 2.75) is 65.5 Å². The zero-order valence-corrected chi connectivity index (χ0v) is 12.7. The normalized spacial score (nSPS) is 11.1. The van der Waals surface area contributed by atoms with Gasteiger partial charge in [0.15, 0.2) is 0 Å². The summed E-state index contributed by atoms with van der Waals surface area (Å²) >= 11 is 0. The van der Waals surface area contributed by atoms with E-state index in [1.165, 1.54) is 5.56 Å². The van der Waals surface area contributed by atoms with Crippen LogP contribution in [-0.2, 0) is 11.2 Å². The van der Waals surface area contributed by atoms with Gasteiger partial charge in [0.2, 0.25) is 5.91 Å². The van der Waals surface area contributed by atoms with Crippen LogP contribution in [0.1, 0.15) is 52.5 Å². The first kappa shape index (κ1) is 15.7. The van der Waals surface area contributed by atoms with Gasteiger partial charge in [0.25, 0.3) is 0 Å². The van der Waals surface area contributed by atoms with Crippen LogP contribution in [0.5, 0.6) is 0 Å². The summed E-state index contributed by atoms with van der Waals surface area (Å²) in [6, 6.07) is 11.1. The molecule has 2 nitrogen and oxygen atoms in total. The molecular weight excluding hydrogens is 234 g/mol. The quantitative estimate of drug-likeness (QED) is 0.678. The molecule has 1 aromatic carbocycles. The van der Waals surface area contributed by atoms with Crippen molar-refractivity contribution in [1.82, 2.24) is 4.90 Å². The van der Waals surface area contributed by atoms with Gasteiger partial charge in [0.05, 0.1) is 0 Å². The smallest absolute Gasteiger partial charge is 0.223 e. The molecule has 0 spiro atoms. The highest BCUT2D eigenvalue weighted by Crippen LogP contribution is 2.11. The summed E-state index contributed by atoms with van der Waals surface area (Å²) < 4.78 is 0. The van der Waals surface area contributed by atoms with Gasteiger partial charge in [-0.1, -0.05) is 30.3 Å². The number of nitrogens with zero attached hydrogens (tertiary/aromatic N) is 1. The topological polar surface area (TPSA) is 20.3 Å². The Kier molecular flexibility index (Phi) is 6.61. The summed E-state index contributed by atoms with van der Waals surface area (Å²) in [5.74, 6) is 0.290. The van der Waals surface area contributed by atoms with Crippen molar-refractivity contribution >= 4 is 5.91 Å². The number of aryl methyl sites for hydroxylation is 1. The summed E-state index contributed by atoms with van der Waals surface area (Å²) in [4.78, 5) is 14.2. The Labute approximate surface area is 117 Å². The molecule has 0 fully saturated rings. The van der Waals surface area contributed by atoms with E-state index in [1.54, 1.807) is 0 Å². The molecule has 19 heavy (non-hydrogen) atoms. The maximum Gasteiger partial charge on any atom is 0.223 e. The van der Waals surface area contributed by atoms with Gasteiger partial charge in [0.1, 0.15) is 0 Å². The zero-order chi connectivity index (χ0) is 14.3. The number of benzene rings is 1. The van der Waals surface area contributed by atoms with Gasteiger partial charge < -0.3 is 4.90 Å². The fourth-order valence-electron chi connectivity index (χ4n) is 2.55. The lowest BCUT2D eigenvalue weighted by Gasteiger charge is -2.30. The van der Waals surface area contributed by atoms with Gasteiger partial charge in [-0.3, -0.25) is 4.79 Å². The molecule has 0 aliphatic rings. The Bertz CT molecular complexity index is 362. The van der Waals surface area contributed by atoms with Gasteiger partial charge in [-0.15, -0.1) is 0 Å². The number of carbonyl (C=O) groups is 1. The molecular formula is C17H27NO. The fraction of sp³-hybridized carbons (Fsp3) is 0.588. The Morgan fingerprint density at radius 3 is 2.11 bits per heavy atom. The lowest BCUT2D eigenvalue weighted by molar-refractivity contribution is -0.134. The minimum Gasteiger partial charge on any atom is -0.338 e. The predicted molar refractivity (Wildman–Crippen MR) is 81.1 cm³/mol. The Balaban J connectivity index is 2.30. The van der Waals surface area contributed by atoms with Crippen molar-refractivity contribution in [2.24, 2.45) is 0 Å². The molecule has 106 valence electrons. The van der Waals surface area contributed by atoms with E-state index in [9.17, 15) is 4.79 Å². The minimum absolute atomic E-state index is 0.290. The third kappa shape index (κ3) is 5.46. The van der Waals surface area contributed by atoms with E-state index < -0.39 is 0 Å². The van der Waals surface area contributed by atoms with Crippen LogP contribution >= 0.6 is 0 Å². The summed E-state index contributed by atoms with van der Waals surface area (Å²) in [5.41, 5.74) is 1.36. The largest absolute Gasteiger partial charge is 0.338 e. The predicted octanol–water partition coefficient (Wildman–Crippen LogP) is 4.04. The Hall–Kier alpha value is -1.31. The van der Waals surface area contributed by atoms with Gasteiger partial charge in [0, 0.05) is 18.5 Å². The fourth-order valence-corrected chi connectivity index (χ4v) is 2.55. The van der Waals surface area contributed by atoms with Crippen molar-refractivity contribution in [2.75, 3.05) is 0 Å². The zero-order valence-electron chi connectivity index (χ0n) is 12.7. The van der Waals surface area contributed by atoms with E-state index in [0.717, 1.165) is 19.3 Å². The SMILES string of the molecule is CC(C)N(C(=O)CCCCc1ccccc1)C(C)C. The molecule has 0 radical (unpaired) electrons. The molecule has 1 aromatic rings. The molecule has 1 rings (SSSR count). The summed E-state index contributed by atoms with van der Waals surface area (Å²) in [6.07, 6.45) is 3.80. The number of hydrogen-bond donors (Lipinski definition) is 0. The van der Waals surface area contributed by atoms with Crippen molar-refractivity contribution < 1.29 is 4.79 Å². The summed E-state index contributed by atoms with van der Waals surface area (Å²) in [5, 5.41) is 0. The van der Waals surface area contributed by atoms with Crippen molar-refractivity contribution in [3.8, 4) is 0 Å². The molecule has 0 saturated heterocycles. The second-order valence-electron chi connectivity index (χ2n) is 5.68. The van der Waals surface area contributed by atoms with Crippen molar-refractivity contribution in [3.63, 3.8) is 0 Å². The number of hydrogen-bond acceptors (Lipinski definition) is 1. The summed E-state index contributed by atoms with van der Waals surface area (Å²) in [6.45, 7) is 8.34. The van der Waals surface area contributed by atoms with Crippen LogP contribution in [0.4, 0.5) is 0 Å². The van der Waals surface area contributed by atoms with E-state index in [2.05, 4.69) is 52.0 Å². The van der Waals surface area contributed by atoms with E-state index in [1.807, 2.05) is 11.0 Å². The average molecular weight is 261 g/mol. The van der Waals surface area contributed by atoms with Gasteiger partial charge in [-0.25, -0.2) is 0 Å². The number of unbranched alkanes of at least 4 members (excludes halogenated alkanes) is 1. The van der Waals surface area contributed by atoms with Gasteiger partial charge in [-0.05, 0) is 52.5 Å². The molecule has 0 aliphatic carbocycles. The number of rotatable bonds is 7. The number of amides is 1. The highest BCUT2D eigenvalue weighted by Gasteiger charge is 2.18. The second kappa shape index (κ2) is 7.98. The highest BCUT2D eigenvalue weighted by molar-refractivity contribution is 5.76. The highest BCUT2D eigenvalue weighted by atomic mass is 16.2. The van der Waals surface area contributed by atoms with E-state index in [-0.39, 0.29) is 5.91 Å². The van der Waals surface area contributed by atoms with Crippen LogP contribution < -0.4 is 0 Å².